The third-order valence-electron chi connectivity index (χ3n) is 1.70. The Balaban J connectivity index is 3.01. The van der Waals surface area contributed by atoms with Crippen molar-refractivity contribution in [1.29, 1.82) is 0 Å². The van der Waals surface area contributed by atoms with Crippen molar-refractivity contribution >= 4 is 42.6 Å². The Morgan fingerprint density at radius 2 is 2.00 bits per heavy atom. The Morgan fingerprint density at radius 1 is 1.23 bits per heavy atom. The smallest absolute Gasteiger partial charge is 0.267 e. The molecule has 0 saturated carbocycles. The fourth-order valence-corrected chi connectivity index (χ4v) is 1.90. The summed E-state index contributed by atoms with van der Waals surface area (Å²) in [6.07, 6.45) is 0. The number of rotatable bonds is 0. The van der Waals surface area contributed by atoms with Crippen LogP contribution in [-0.2, 0) is 0 Å². The molecular formula is C8H4Br2N2O. The summed E-state index contributed by atoms with van der Waals surface area (Å²) < 4.78 is 1.53. The monoisotopic (exact) mass is 302 g/mol. The molecule has 0 fully saturated rings. The van der Waals surface area contributed by atoms with Gasteiger partial charge in [-0.05, 0) is 28.1 Å². The molecule has 3 nitrogen and oxygen atoms in total. The second kappa shape index (κ2) is 3.23. The van der Waals surface area contributed by atoms with Crippen LogP contribution >= 0.6 is 31.9 Å². The minimum Gasteiger partial charge on any atom is -0.267 e. The number of aromatic nitrogens is 2. The number of fused-ring (bicyclic) bond motifs is 1. The van der Waals surface area contributed by atoms with Gasteiger partial charge in [0.2, 0.25) is 0 Å². The Morgan fingerprint density at radius 3 is 2.77 bits per heavy atom. The minimum atomic E-state index is -0.181. The van der Waals surface area contributed by atoms with Crippen LogP contribution in [0.15, 0.2) is 32.1 Å². The van der Waals surface area contributed by atoms with Crippen LogP contribution in [0.5, 0.6) is 0 Å². The van der Waals surface area contributed by atoms with Gasteiger partial charge in [0.15, 0.2) is 0 Å². The maximum Gasteiger partial charge on any atom is 0.272 e. The molecule has 2 aromatic rings. The topological polar surface area (TPSA) is 45.8 Å². The molecule has 1 aromatic carbocycles. The summed E-state index contributed by atoms with van der Waals surface area (Å²) >= 11 is 6.56. The van der Waals surface area contributed by atoms with Crippen molar-refractivity contribution in [1.82, 2.24) is 10.2 Å². The lowest BCUT2D eigenvalue weighted by Crippen LogP contribution is -2.08. The number of halogens is 2. The van der Waals surface area contributed by atoms with E-state index in [1.165, 1.54) is 0 Å². The minimum absolute atomic E-state index is 0.181. The van der Waals surface area contributed by atoms with E-state index in [1.54, 1.807) is 6.07 Å². The Bertz CT molecular complexity index is 521. The van der Waals surface area contributed by atoms with Crippen LogP contribution in [0.4, 0.5) is 0 Å². The molecule has 2 rings (SSSR count). The van der Waals surface area contributed by atoms with Gasteiger partial charge in [-0.3, -0.25) is 4.79 Å². The van der Waals surface area contributed by atoms with Crippen molar-refractivity contribution in [3.8, 4) is 0 Å². The largest absolute Gasteiger partial charge is 0.272 e. The average molecular weight is 304 g/mol. The van der Waals surface area contributed by atoms with Crippen molar-refractivity contribution in [2.75, 3.05) is 0 Å². The van der Waals surface area contributed by atoms with Crippen molar-refractivity contribution in [3.63, 3.8) is 0 Å². The summed E-state index contributed by atoms with van der Waals surface area (Å²) in [5.74, 6) is 0. The summed E-state index contributed by atoms with van der Waals surface area (Å²) in [5.41, 5.74) is -0.181. The summed E-state index contributed by atoms with van der Waals surface area (Å²) in [4.78, 5) is 11.3. The lowest BCUT2D eigenvalue weighted by atomic mass is 10.2. The van der Waals surface area contributed by atoms with Crippen LogP contribution in [0.2, 0.25) is 0 Å². The molecule has 0 atom stereocenters. The van der Waals surface area contributed by atoms with Gasteiger partial charge in [0.1, 0.15) is 4.60 Å². The molecule has 0 aliphatic rings. The van der Waals surface area contributed by atoms with E-state index in [9.17, 15) is 4.79 Å². The number of aromatic amines is 1. The molecule has 0 saturated heterocycles. The first-order valence-electron chi connectivity index (χ1n) is 3.52. The molecule has 0 unspecified atom stereocenters. The molecule has 0 aliphatic carbocycles. The van der Waals surface area contributed by atoms with Gasteiger partial charge in [-0.15, -0.1) is 0 Å². The first-order chi connectivity index (χ1) is 6.18. The van der Waals surface area contributed by atoms with Crippen LogP contribution in [0.3, 0.4) is 0 Å². The van der Waals surface area contributed by atoms with Gasteiger partial charge in [-0.1, -0.05) is 22.0 Å². The Hall–Kier alpha value is -0.680. The first-order valence-corrected chi connectivity index (χ1v) is 5.10. The molecule has 1 heterocycles. The highest BCUT2D eigenvalue weighted by atomic mass is 79.9. The van der Waals surface area contributed by atoms with Gasteiger partial charge in [0, 0.05) is 9.86 Å². The van der Waals surface area contributed by atoms with Gasteiger partial charge in [0.25, 0.3) is 5.56 Å². The van der Waals surface area contributed by atoms with Gasteiger partial charge in [0.05, 0.1) is 5.39 Å². The van der Waals surface area contributed by atoms with E-state index in [1.807, 2.05) is 12.1 Å². The highest BCUT2D eigenvalue weighted by molar-refractivity contribution is 9.10. The molecule has 0 radical (unpaired) electrons. The SMILES string of the molecule is O=c1[nH]nc(Br)c2ccc(Br)cc12. The summed E-state index contributed by atoms with van der Waals surface area (Å²) in [5, 5.41) is 7.63. The van der Waals surface area contributed by atoms with Crippen molar-refractivity contribution in [3.05, 3.63) is 37.6 Å². The predicted molar refractivity (Wildman–Crippen MR) is 57.8 cm³/mol. The number of nitrogens with zero attached hydrogens (tertiary/aromatic N) is 1. The number of H-pyrrole nitrogens is 1. The number of hydrogen-bond acceptors (Lipinski definition) is 2. The normalized spacial score (nSPS) is 10.6. The molecule has 66 valence electrons. The molecule has 5 heteroatoms. The fraction of sp³-hybridized carbons (Fsp3) is 0. The zero-order valence-corrected chi connectivity index (χ0v) is 9.52. The maximum absolute atomic E-state index is 11.3. The number of hydrogen-bond donors (Lipinski definition) is 1. The van der Waals surface area contributed by atoms with E-state index in [2.05, 4.69) is 42.1 Å². The third kappa shape index (κ3) is 1.53. The van der Waals surface area contributed by atoms with Crippen LogP contribution in [0.1, 0.15) is 0 Å². The zero-order valence-electron chi connectivity index (χ0n) is 6.34. The summed E-state index contributed by atoms with van der Waals surface area (Å²) in [7, 11) is 0. The molecule has 1 aromatic heterocycles. The van der Waals surface area contributed by atoms with Gasteiger partial charge < -0.3 is 0 Å². The average Bonchev–Trinajstić information content (AvgIpc) is 2.12. The van der Waals surface area contributed by atoms with E-state index in [0.717, 1.165) is 9.86 Å². The second-order valence-corrected chi connectivity index (χ2v) is 4.20. The molecule has 13 heavy (non-hydrogen) atoms. The first kappa shape index (κ1) is 8.90. The lowest BCUT2D eigenvalue weighted by Gasteiger charge is -1.98. The highest BCUT2D eigenvalue weighted by Gasteiger charge is 2.03. The van der Waals surface area contributed by atoms with E-state index in [-0.39, 0.29) is 5.56 Å². The third-order valence-corrected chi connectivity index (χ3v) is 2.80. The molecule has 0 spiro atoms. The van der Waals surface area contributed by atoms with Crippen LogP contribution in [0, 0.1) is 0 Å². The van der Waals surface area contributed by atoms with E-state index in [0.29, 0.717) is 9.99 Å². The Kier molecular flexibility index (Phi) is 2.21. The molecule has 1 N–H and O–H groups in total. The quantitative estimate of drug-likeness (QED) is 0.812. The summed E-state index contributed by atoms with van der Waals surface area (Å²) in [6, 6.07) is 5.47. The summed E-state index contributed by atoms with van der Waals surface area (Å²) in [6.45, 7) is 0. The van der Waals surface area contributed by atoms with Gasteiger partial charge >= 0.3 is 0 Å². The second-order valence-electron chi connectivity index (χ2n) is 2.53. The van der Waals surface area contributed by atoms with Crippen molar-refractivity contribution in [2.45, 2.75) is 0 Å². The Labute approximate surface area is 90.4 Å². The molecule has 0 aliphatic heterocycles. The number of benzene rings is 1. The number of nitrogens with one attached hydrogen (secondary N) is 1. The molecular weight excluding hydrogens is 300 g/mol. The predicted octanol–water partition coefficient (Wildman–Crippen LogP) is 2.45. The van der Waals surface area contributed by atoms with Gasteiger partial charge in [-0.2, -0.15) is 5.10 Å². The highest BCUT2D eigenvalue weighted by Crippen LogP contribution is 2.21. The van der Waals surface area contributed by atoms with E-state index < -0.39 is 0 Å². The van der Waals surface area contributed by atoms with Crippen molar-refractivity contribution in [2.24, 2.45) is 0 Å². The molecule has 0 bridgehead atoms. The van der Waals surface area contributed by atoms with Crippen LogP contribution < -0.4 is 5.56 Å². The zero-order chi connectivity index (χ0) is 9.42. The van der Waals surface area contributed by atoms with E-state index in [4.69, 9.17) is 0 Å². The standard InChI is InChI=1S/C8H4Br2N2O/c9-4-1-2-5-6(3-4)8(13)12-11-7(5)10/h1-3H,(H,12,13). The fourth-order valence-electron chi connectivity index (χ4n) is 1.10. The van der Waals surface area contributed by atoms with Crippen LogP contribution in [0.25, 0.3) is 10.8 Å². The maximum atomic E-state index is 11.3. The lowest BCUT2D eigenvalue weighted by molar-refractivity contribution is 0.990. The molecule has 0 amide bonds. The van der Waals surface area contributed by atoms with Crippen LogP contribution in [-0.4, -0.2) is 10.2 Å². The van der Waals surface area contributed by atoms with Gasteiger partial charge in [-0.25, -0.2) is 5.10 Å². The van der Waals surface area contributed by atoms with E-state index >= 15 is 0 Å². The van der Waals surface area contributed by atoms with Crippen molar-refractivity contribution < 1.29 is 0 Å².